The monoisotopic (exact) mass is 354 g/mol. The van der Waals surface area contributed by atoms with Crippen molar-refractivity contribution in [2.24, 2.45) is 0 Å². The summed E-state index contributed by atoms with van der Waals surface area (Å²) >= 11 is 0. The molecule has 2 aromatic rings. The minimum absolute atomic E-state index is 0.123. The van der Waals surface area contributed by atoms with E-state index < -0.39 is 0 Å². The molecule has 2 aliphatic heterocycles. The molecule has 2 aromatic carbocycles. The SMILES string of the molecule is O=C(Nc1ccccc1)NC1C[C@H]2CC[C@@H](C1)[NH+]2Cc1ccc(F)cc1. The summed E-state index contributed by atoms with van der Waals surface area (Å²) in [5, 5.41) is 6.05. The van der Waals surface area contributed by atoms with Gasteiger partial charge in [0.1, 0.15) is 12.4 Å². The molecule has 3 N–H and O–H groups in total. The van der Waals surface area contributed by atoms with E-state index in [9.17, 15) is 9.18 Å². The van der Waals surface area contributed by atoms with Crippen molar-refractivity contribution in [3.05, 3.63) is 66.0 Å². The molecular formula is C21H25FN3O+. The molecule has 2 unspecified atom stereocenters. The van der Waals surface area contributed by atoms with Gasteiger partial charge in [0.05, 0.1) is 12.1 Å². The molecule has 2 bridgehead atoms. The number of quaternary nitrogens is 1. The highest BCUT2D eigenvalue weighted by Gasteiger charge is 2.44. The lowest BCUT2D eigenvalue weighted by Crippen LogP contribution is -3.17. The number of nitrogens with one attached hydrogen (secondary N) is 3. The third kappa shape index (κ3) is 3.88. The van der Waals surface area contributed by atoms with E-state index in [4.69, 9.17) is 0 Å². The fraction of sp³-hybridized carbons (Fsp3) is 0.381. The molecule has 2 aliphatic rings. The largest absolute Gasteiger partial charge is 0.335 e. The third-order valence-corrected chi connectivity index (χ3v) is 5.74. The van der Waals surface area contributed by atoms with Crippen LogP contribution >= 0.6 is 0 Å². The second kappa shape index (κ2) is 7.46. The Morgan fingerprint density at radius 3 is 2.31 bits per heavy atom. The lowest BCUT2D eigenvalue weighted by molar-refractivity contribution is -0.954. The number of hydrogen-bond donors (Lipinski definition) is 3. The predicted molar refractivity (Wildman–Crippen MR) is 99.5 cm³/mol. The zero-order valence-corrected chi connectivity index (χ0v) is 14.7. The first-order valence-electron chi connectivity index (χ1n) is 9.40. The number of anilines is 1. The maximum Gasteiger partial charge on any atom is 0.319 e. The van der Waals surface area contributed by atoms with Crippen LogP contribution in [0.2, 0.25) is 0 Å². The third-order valence-electron chi connectivity index (χ3n) is 5.74. The van der Waals surface area contributed by atoms with E-state index in [1.54, 1.807) is 17.0 Å². The summed E-state index contributed by atoms with van der Waals surface area (Å²) in [5.41, 5.74) is 2.00. The van der Waals surface area contributed by atoms with Gasteiger partial charge < -0.3 is 15.5 Å². The Kier molecular flexibility index (Phi) is 4.89. The topological polar surface area (TPSA) is 45.6 Å². The Bertz CT molecular complexity index is 736. The van der Waals surface area contributed by atoms with Gasteiger partial charge in [0, 0.05) is 43.0 Å². The van der Waals surface area contributed by atoms with E-state index in [1.165, 1.54) is 18.4 Å². The second-order valence-electron chi connectivity index (χ2n) is 7.48. The van der Waals surface area contributed by atoms with Crippen LogP contribution in [-0.2, 0) is 6.54 Å². The average molecular weight is 354 g/mol. The molecule has 2 saturated heterocycles. The van der Waals surface area contributed by atoms with Crippen molar-refractivity contribution in [2.75, 3.05) is 5.32 Å². The van der Waals surface area contributed by atoms with Crippen molar-refractivity contribution in [2.45, 2.75) is 50.4 Å². The molecule has 0 spiro atoms. The van der Waals surface area contributed by atoms with Crippen molar-refractivity contribution in [1.29, 1.82) is 0 Å². The average Bonchev–Trinajstić information content (AvgIpc) is 2.86. The number of urea groups is 1. The summed E-state index contributed by atoms with van der Waals surface area (Å²) in [6.45, 7) is 0.943. The van der Waals surface area contributed by atoms with Crippen molar-refractivity contribution in [3.63, 3.8) is 0 Å². The Balaban J connectivity index is 1.33. The fourth-order valence-corrected chi connectivity index (χ4v) is 4.55. The lowest BCUT2D eigenvalue weighted by atomic mass is 9.96. The van der Waals surface area contributed by atoms with Gasteiger partial charge in [-0.05, 0) is 24.3 Å². The number of piperidine rings is 1. The van der Waals surface area contributed by atoms with Crippen LogP contribution in [0, 0.1) is 5.82 Å². The molecule has 2 heterocycles. The highest BCUT2D eigenvalue weighted by atomic mass is 19.1. The first kappa shape index (κ1) is 17.0. The van der Waals surface area contributed by atoms with Crippen molar-refractivity contribution in [1.82, 2.24) is 5.32 Å². The van der Waals surface area contributed by atoms with Crippen LogP contribution in [0.25, 0.3) is 0 Å². The molecular weight excluding hydrogens is 329 g/mol. The number of halogens is 1. The van der Waals surface area contributed by atoms with Crippen LogP contribution in [0.3, 0.4) is 0 Å². The molecule has 4 atom stereocenters. The Labute approximate surface area is 153 Å². The van der Waals surface area contributed by atoms with E-state index in [-0.39, 0.29) is 17.9 Å². The molecule has 4 nitrogen and oxygen atoms in total. The summed E-state index contributed by atoms with van der Waals surface area (Å²) in [6.07, 6.45) is 4.43. The van der Waals surface area contributed by atoms with Crippen LogP contribution < -0.4 is 15.5 Å². The highest BCUT2D eigenvalue weighted by Crippen LogP contribution is 2.23. The standard InChI is InChI=1S/C21H24FN3O/c22-16-8-6-15(7-9-16)14-25-19-10-11-20(25)13-18(12-19)24-21(26)23-17-4-2-1-3-5-17/h1-9,18-20H,10-14H2,(H2,23,24,26)/p+1/t18?,19-,20+. The summed E-state index contributed by atoms with van der Waals surface area (Å²) in [5.74, 6) is -0.181. The van der Waals surface area contributed by atoms with Gasteiger partial charge in [-0.25, -0.2) is 9.18 Å². The van der Waals surface area contributed by atoms with Gasteiger partial charge >= 0.3 is 6.03 Å². The van der Waals surface area contributed by atoms with Crippen LogP contribution in [0.5, 0.6) is 0 Å². The number of carbonyl (C=O) groups is 1. The number of benzene rings is 2. The quantitative estimate of drug-likeness (QED) is 0.777. The van der Waals surface area contributed by atoms with Crippen molar-refractivity contribution in [3.8, 4) is 0 Å². The lowest BCUT2D eigenvalue weighted by Gasteiger charge is -2.36. The molecule has 136 valence electrons. The number of para-hydroxylation sites is 1. The summed E-state index contributed by atoms with van der Waals surface area (Å²) in [6, 6.07) is 17.6. The minimum Gasteiger partial charge on any atom is -0.335 e. The smallest absolute Gasteiger partial charge is 0.319 e. The number of hydrogen-bond acceptors (Lipinski definition) is 1. The van der Waals surface area contributed by atoms with Crippen LogP contribution in [0.1, 0.15) is 31.2 Å². The van der Waals surface area contributed by atoms with Gasteiger partial charge in [0.2, 0.25) is 0 Å². The summed E-state index contributed by atoms with van der Waals surface area (Å²) in [7, 11) is 0. The maximum atomic E-state index is 13.1. The molecule has 2 amide bonds. The molecule has 0 aliphatic carbocycles. The number of rotatable bonds is 4. The zero-order valence-electron chi connectivity index (χ0n) is 14.7. The molecule has 0 radical (unpaired) electrons. The van der Waals surface area contributed by atoms with E-state index in [2.05, 4.69) is 10.6 Å². The van der Waals surface area contributed by atoms with Crippen LogP contribution in [-0.4, -0.2) is 24.2 Å². The maximum absolute atomic E-state index is 13.1. The summed E-state index contributed by atoms with van der Waals surface area (Å²) in [4.78, 5) is 13.8. The van der Waals surface area contributed by atoms with Crippen LogP contribution in [0.4, 0.5) is 14.9 Å². The van der Waals surface area contributed by atoms with Crippen molar-refractivity contribution < 1.29 is 14.1 Å². The van der Waals surface area contributed by atoms with Gasteiger partial charge in [0.15, 0.2) is 0 Å². The number of amides is 2. The molecule has 2 fully saturated rings. The predicted octanol–water partition coefficient (Wildman–Crippen LogP) is 2.73. The molecule has 26 heavy (non-hydrogen) atoms. The number of carbonyl (C=O) groups excluding carboxylic acids is 1. The highest BCUT2D eigenvalue weighted by molar-refractivity contribution is 5.89. The molecule has 0 saturated carbocycles. The first-order valence-corrected chi connectivity index (χ1v) is 9.40. The van der Waals surface area contributed by atoms with E-state index >= 15 is 0 Å². The van der Waals surface area contributed by atoms with Crippen molar-refractivity contribution >= 4 is 11.7 Å². The van der Waals surface area contributed by atoms with Gasteiger partial charge in [0.25, 0.3) is 0 Å². The normalized spacial score (nSPS) is 27.1. The molecule has 4 rings (SSSR count). The van der Waals surface area contributed by atoms with Gasteiger partial charge in [-0.3, -0.25) is 0 Å². The van der Waals surface area contributed by atoms with E-state index in [0.717, 1.165) is 25.1 Å². The summed E-state index contributed by atoms with van der Waals surface area (Å²) < 4.78 is 13.1. The van der Waals surface area contributed by atoms with Crippen LogP contribution in [0.15, 0.2) is 54.6 Å². The minimum atomic E-state index is -0.181. The fourth-order valence-electron chi connectivity index (χ4n) is 4.55. The molecule has 0 aromatic heterocycles. The van der Waals surface area contributed by atoms with Gasteiger partial charge in [-0.2, -0.15) is 0 Å². The zero-order chi connectivity index (χ0) is 17.9. The Morgan fingerprint density at radius 1 is 1.00 bits per heavy atom. The van der Waals surface area contributed by atoms with E-state index in [0.29, 0.717) is 12.1 Å². The van der Waals surface area contributed by atoms with Gasteiger partial charge in [-0.15, -0.1) is 0 Å². The number of fused-ring (bicyclic) bond motifs is 2. The van der Waals surface area contributed by atoms with E-state index in [1.807, 2.05) is 42.5 Å². The Morgan fingerprint density at radius 2 is 1.65 bits per heavy atom. The van der Waals surface area contributed by atoms with Gasteiger partial charge in [-0.1, -0.05) is 30.3 Å². The second-order valence-corrected chi connectivity index (χ2v) is 7.48. The Hall–Kier alpha value is -2.40. The molecule has 5 heteroatoms. The first-order chi connectivity index (χ1) is 12.7.